The molecule has 0 fully saturated rings. The molecule has 0 aliphatic rings. The molecular formula is C11H21N3O4S. The maximum absolute atomic E-state index is 11.4. The second-order valence-corrected chi connectivity index (χ2v) is 4.83. The molecule has 0 aliphatic heterocycles. The zero-order chi connectivity index (χ0) is 14.7. The number of thioether (sulfide) groups is 1. The van der Waals surface area contributed by atoms with E-state index in [1.54, 1.807) is 0 Å². The number of aliphatic carboxylic acids is 1. The van der Waals surface area contributed by atoms with E-state index in [0.717, 1.165) is 6.42 Å². The molecule has 0 heterocycles. The fraction of sp³-hybridized carbons (Fsp3) is 0.727. The van der Waals surface area contributed by atoms with Crippen LogP contribution in [-0.4, -0.2) is 54.2 Å². The van der Waals surface area contributed by atoms with E-state index in [1.807, 2.05) is 13.2 Å². The summed E-state index contributed by atoms with van der Waals surface area (Å²) < 4.78 is 0. The van der Waals surface area contributed by atoms with Crippen molar-refractivity contribution < 1.29 is 19.5 Å². The van der Waals surface area contributed by atoms with Gasteiger partial charge in [-0.1, -0.05) is 6.92 Å². The van der Waals surface area contributed by atoms with E-state index in [9.17, 15) is 14.4 Å². The lowest BCUT2D eigenvalue weighted by molar-refractivity contribution is -0.139. The molecule has 0 aromatic rings. The molecule has 3 amide bonds. The lowest BCUT2D eigenvalue weighted by atomic mass is 10.2. The van der Waals surface area contributed by atoms with Gasteiger partial charge in [-0.2, -0.15) is 11.8 Å². The van der Waals surface area contributed by atoms with Crippen LogP contribution >= 0.6 is 11.8 Å². The highest BCUT2D eigenvalue weighted by Gasteiger charge is 2.19. The zero-order valence-electron chi connectivity index (χ0n) is 11.2. The van der Waals surface area contributed by atoms with E-state index < -0.39 is 18.0 Å². The minimum Gasteiger partial charge on any atom is -0.480 e. The molecule has 0 spiro atoms. The van der Waals surface area contributed by atoms with Gasteiger partial charge in [-0.25, -0.2) is 9.59 Å². The van der Waals surface area contributed by atoms with Crippen LogP contribution in [0.4, 0.5) is 4.79 Å². The lowest BCUT2D eigenvalue weighted by Crippen LogP contribution is -2.48. The summed E-state index contributed by atoms with van der Waals surface area (Å²) in [5.41, 5.74) is 0. The third-order valence-corrected chi connectivity index (χ3v) is 2.84. The van der Waals surface area contributed by atoms with Gasteiger partial charge < -0.3 is 21.1 Å². The molecule has 0 aromatic carbocycles. The lowest BCUT2D eigenvalue weighted by Gasteiger charge is -2.14. The van der Waals surface area contributed by atoms with Crippen LogP contribution < -0.4 is 16.0 Å². The Kier molecular flexibility index (Phi) is 9.69. The normalized spacial score (nSPS) is 11.5. The van der Waals surface area contributed by atoms with E-state index in [1.165, 1.54) is 11.8 Å². The van der Waals surface area contributed by atoms with Gasteiger partial charge >= 0.3 is 12.0 Å². The first kappa shape index (κ1) is 17.6. The van der Waals surface area contributed by atoms with Crippen LogP contribution in [0, 0.1) is 0 Å². The molecule has 0 saturated heterocycles. The molecule has 1 atom stereocenters. The SMILES string of the molecule is CCCNC(=O)CNC(=O)N[C@@H](CCSC)C(=O)O. The number of carboxylic acids is 1. The molecule has 0 rings (SSSR count). The van der Waals surface area contributed by atoms with Crippen molar-refractivity contribution in [2.45, 2.75) is 25.8 Å². The van der Waals surface area contributed by atoms with Gasteiger partial charge in [-0.15, -0.1) is 0 Å². The van der Waals surface area contributed by atoms with Crippen molar-refractivity contribution in [3.8, 4) is 0 Å². The first-order valence-corrected chi connectivity index (χ1v) is 7.43. The average molecular weight is 291 g/mol. The van der Waals surface area contributed by atoms with Gasteiger partial charge in [0.2, 0.25) is 5.91 Å². The Hall–Kier alpha value is -1.44. The summed E-state index contributed by atoms with van der Waals surface area (Å²) in [6.45, 7) is 2.30. The number of amides is 3. The number of hydrogen-bond acceptors (Lipinski definition) is 4. The third kappa shape index (κ3) is 9.18. The molecule has 0 aromatic heterocycles. The quantitative estimate of drug-likeness (QED) is 0.479. The molecule has 19 heavy (non-hydrogen) atoms. The second-order valence-electron chi connectivity index (χ2n) is 3.85. The van der Waals surface area contributed by atoms with Gasteiger partial charge in [-0.05, 0) is 24.9 Å². The van der Waals surface area contributed by atoms with E-state index in [2.05, 4.69) is 16.0 Å². The van der Waals surface area contributed by atoms with Crippen molar-refractivity contribution in [3.05, 3.63) is 0 Å². The Labute approximate surface area is 116 Å². The monoisotopic (exact) mass is 291 g/mol. The van der Waals surface area contributed by atoms with Gasteiger partial charge in [0.25, 0.3) is 0 Å². The van der Waals surface area contributed by atoms with Crippen molar-refractivity contribution in [1.29, 1.82) is 0 Å². The Morgan fingerprint density at radius 2 is 1.95 bits per heavy atom. The van der Waals surface area contributed by atoms with Gasteiger partial charge in [0.1, 0.15) is 6.04 Å². The van der Waals surface area contributed by atoms with E-state index in [0.29, 0.717) is 18.7 Å². The number of carboxylic acid groups (broad SMARTS) is 1. The Morgan fingerprint density at radius 3 is 2.47 bits per heavy atom. The highest BCUT2D eigenvalue weighted by Crippen LogP contribution is 2.00. The van der Waals surface area contributed by atoms with Gasteiger partial charge in [-0.3, -0.25) is 4.79 Å². The largest absolute Gasteiger partial charge is 0.480 e. The molecule has 110 valence electrons. The molecule has 0 bridgehead atoms. The molecule has 0 saturated carbocycles. The minimum atomic E-state index is -1.08. The Morgan fingerprint density at radius 1 is 1.26 bits per heavy atom. The zero-order valence-corrected chi connectivity index (χ0v) is 12.0. The first-order valence-electron chi connectivity index (χ1n) is 6.04. The van der Waals surface area contributed by atoms with Crippen molar-refractivity contribution in [2.24, 2.45) is 0 Å². The van der Waals surface area contributed by atoms with Gasteiger partial charge in [0.05, 0.1) is 6.54 Å². The van der Waals surface area contributed by atoms with Gasteiger partial charge in [0, 0.05) is 6.54 Å². The Balaban J connectivity index is 3.99. The minimum absolute atomic E-state index is 0.166. The topological polar surface area (TPSA) is 108 Å². The molecule has 4 N–H and O–H groups in total. The number of carbonyl (C=O) groups excluding carboxylic acids is 2. The number of hydrogen-bond donors (Lipinski definition) is 4. The van der Waals surface area contributed by atoms with Crippen LogP contribution in [0.2, 0.25) is 0 Å². The van der Waals surface area contributed by atoms with E-state index in [4.69, 9.17) is 5.11 Å². The summed E-state index contributed by atoms with van der Waals surface area (Å²) in [4.78, 5) is 33.5. The van der Waals surface area contributed by atoms with Crippen LogP contribution in [0.5, 0.6) is 0 Å². The summed E-state index contributed by atoms with van der Waals surface area (Å²) in [6.07, 6.45) is 3.01. The van der Waals surface area contributed by atoms with Crippen molar-refractivity contribution in [2.75, 3.05) is 25.1 Å². The maximum Gasteiger partial charge on any atom is 0.326 e. The van der Waals surface area contributed by atoms with Crippen molar-refractivity contribution in [1.82, 2.24) is 16.0 Å². The predicted molar refractivity (Wildman–Crippen MR) is 74.3 cm³/mol. The fourth-order valence-electron chi connectivity index (χ4n) is 1.19. The van der Waals surface area contributed by atoms with Crippen LogP contribution in [0.15, 0.2) is 0 Å². The average Bonchev–Trinajstić information content (AvgIpc) is 2.38. The number of urea groups is 1. The standard InChI is InChI=1S/C11H21N3O4S/c1-3-5-12-9(15)7-13-11(18)14-8(10(16)17)4-6-19-2/h8H,3-7H2,1-2H3,(H,12,15)(H,16,17)(H2,13,14,18)/t8-/m0/s1. The van der Waals surface area contributed by atoms with Crippen LogP contribution in [0.25, 0.3) is 0 Å². The number of rotatable bonds is 9. The summed E-state index contributed by atoms with van der Waals surface area (Å²) >= 11 is 1.50. The summed E-state index contributed by atoms with van der Waals surface area (Å²) in [5, 5.41) is 16.1. The molecule has 0 aliphatic carbocycles. The molecule has 8 heteroatoms. The van der Waals surface area contributed by atoms with E-state index in [-0.39, 0.29) is 12.5 Å². The second kappa shape index (κ2) is 10.5. The summed E-state index contributed by atoms with van der Waals surface area (Å²) in [5.74, 6) is -0.749. The third-order valence-electron chi connectivity index (χ3n) is 2.20. The molecule has 0 unspecified atom stereocenters. The summed E-state index contributed by atoms with van der Waals surface area (Å²) in [6, 6.07) is -1.59. The molecule has 0 radical (unpaired) electrons. The highest BCUT2D eigenvalue weighted by molar-refractivity contribution is 7.98. The highest BCUT2D eigenvalue weighted by atomic mass is 32.2. The molecular weight excluding hydrogens is 270 g/mol. The van der Waals surface area contributed by atoms with Crippen LogP contribution in [0.3, 0.4) is 0 Å². The number of carbonyl (C=O) groups is 3. The fourth-order valence-corrected chi connectivity index (χ4v) is 1.66. The van der Waals surface area contributed by atoms with Crippen LogP contribution in [0.1, 0.15) is 19.8 Å². The smallest absolute Gasteiger partial charge is 0.326 e. The first-order chi connectivity index (χ1) is 9.01. The van der Waals surface area contributed by atoms with Crippen LogP contribution in [-0.2, 0) is 9.59 Å². The predicted octanol–water partition coefficient (Wildman–Crippen LogP) is 0.0181. The summed E-state index contributed by atoms with van der Waals surface area (Å²) in [7, 11) is 0. The van der Waals surface area contributed by atoms with E-state index >= 15 is 0 Å². The van der Waals surface area contributed by atoms with Crippen molar-refractivity contribution >= 4 is 29.7 Å². The van der Waals surface area contributed by atoms with Crippen molar-refractivity contribution in [3.63, 3.8) is 0 Å². The Bertz CT molecular complexity index is 312. The maximum atomic E-state index is 11.4. The molecule has 7 nitrogen and oxygen atoms in total. The number of nitrogens with one attached hydrogen (secondary N) is 3. The van der Waals surface area contributed by atoms with Gasteiger partial charge in [0.15, 0.2) is 0 Å².